The summed E-state index contributed by atoms with van der Waals surface area (Å²) in [4.78, 5) is 36.6. The second kappa shape index (κ2) is 10.0. The Labute approximate surface area is 173 Å². The van der Waals surface area contributed by atoms with Gasteiger partial charge >= 0.3 is 0 Å². The van der Waals surface area contributed by atoms with Crippen LogP contribution in [-0.4, -0.2) is 42.8 Å². The lowest BCUT2D eigenvalue weighted by Crippen LogP contribution is -2.09. The van der Waals surface area contributed by atoms with Crippen LogP contribution in [0.4, 0.5) is 11.4 Å². The molecule has 0 radical (unpaired) electrons. The van der Waals surface area contributed by atoms with Crippen molar-refractivity contribution in [3.8, 4) is 11.5 Å². The van der Waals surface area contributed by atoms with Crippen LogP contribution < -0.4 is 9.64 Å². The molecule has 0 aliphatic carbocycles. The van der Waals surface area contributed by atoms with Gasteiger partial charge < -0.3 is 14.7 Å². The quantitative estimate of drug-likeness (QED) is 0.291. The topological polar surface area (TPSA) is 110 Å². The van der Waals surface area contributed by atoms with Crippen molar-refractivity contribution in [3.63, 3.8) is 0 Å². The van der Waals surface area contributed by atoms with Crippen LogP contribution in [0.2, 0.25) is 0 Å². The highest BCUT2D eigenvalue weighted by molar-refractivity contribution is 6.11. The van der Waals surface area contributed by atoms with E-state index in [2.05, 4.69) is 0 Å². The molecule has 0 aliphatic heterocycles. The van der Waals surface area contributed by atoms with Gasteiger partial charge in [-0.3, -0.25) is 19.7 Å². The number of nitro benzene ring substituents is 1. The molecule has 0 bridgehead atoms. The van der Waals surface area contributed by atoms with Crippen molar-refractivity contribution >= 4 is 35.1 Å². The normalized spacial score (nSPS) is 11.0. The van der Waals surface area contributed by atoms with Gasteiger partial charge in [0.15, 0.2) is 23.1 Å². The molecule has 1 N–H and O–H groups in total. The van der Waals surface area contributed by atoms with Crippen molar-refractivity contribution in [3.05, 3.63) is 69.8 Å². The molecule has 2 aromatic carbocycles. The Bertz CT molecular complexity index is 1020. The van der Waals surface area contributed by atoms with E-state index in [4.69, 9.17) is 4.74 Å². The summed E-state index contributed by atoms with van der Waals surface area (Å²) in [5.41, 5.74) is 1.44. The number of phenolic OH excluding ortho intramolecular Hbond substituents is 1. The van der Waals surface area contributed by atoms with Gasteiger partial charge in [-0.15, -0.1) is 0 Å². The number of anilines is 1. The maximum absolute atomic E-state index is 12.1. The number of benzene rings is 2. The molecule has 0 saturated carbocycles. The maximum Gasteiger partial charge on any atom is 0.278 e. The average molecular weight is 410 g/mol. The van der Waals surface area contributed by atoms with Gasteiger partial charge in [0.25, 0.3) is 5.69 Å². The predicted molar refractivity (Wildman–Crippen MR) is 115 cm³/mol. The molecule has 0 aliphatic rings. The third kappa shape index (κ3) is 6.03. The summed E-state index contributed by atoms with van der Waals surface area (Å²) in [6.45, 7) is 0. The number of phenols is 1. The zero-order chi connectivity index (χ0) is 22.3. The zero-order valence-electron chi connectivity index (χ0n) is 16.9. The highest BCUT2D eigenvalue weighted by Gasteiger charge is 2.14. The Morgan fingerprint density at radius 1 is 1.10 bits per heavy atom. The molecule has 156 valence electrons. The molecule has 0 spiro atoms. The first-order valence-electron chi connectivity index (χ1n) is 8.96. The first-order chi connectivity index (χ1) is 14.2. The molecule has 0 amide bonds. The van der Waals surface area contributed by atoms with E-state index in [1.165, 1.54) is 37.5 Å². The number of rotatable bonds is 9. The zero-order valence-corrected chi connectivity index (χ0v) is 16.9. The van der Waals surface area contributed by atoms with E-state index in [1.54, 1.807) is 43.3 Å². The van der Waals surface area contributed by atoms with E-state index in [0.29, 0.717) is 11.3 Å². The van der Waals surface area contributed by atoms with Crippen LogP contribution in [0.15, 0.2) is 48.6 Å². The Kier molecular flexibility index (Phi) is 7.46. The van der Waals surface area contributed by atoms with E-state index >= 15 is 0 Å². The first-order valence-corrected chi connectivity index (χ1v) is 8.96. The van der Waals surface area contributed by atoms with E-state index in [0.717, 1.165) is 6.08 Å². The summed E-state index contributed by atoms with van der Waals surface area (Å²) in [6.07, 6.45) is 4.89. The molecule has 0 atom stereocenters. The van der Waals surface area contributed by atoms with Crippen molar-refractivity contribution in [2.45, 2.75) is 6.42 Å². The summed E-state index contributed by atoms with van der Waals surface area (Å²) in [7, 11) is 4.95. The molecule has 2 rings (SSSR count). The monoisotopic (exact) mass is 410 g/mol. The number of ketones is 2. The Morgan fingerprint density at radius 3 is 2.37 bits per heavy atom. The number of aromatic hydroxyl groups is 1. The van der Waals surface area contributed by atoms with Crippen molar-refractivity contribution in [2.75, 3.05) is 26.1 Å². The van der Waals surface area contributed by atoms with Gasteiger partial charge in [0, 0.05) is 25.8 Å². The van der Waals surface area contributed by atoms with E-state index in [-0.39, 0.29) is 29.2 Å². The van der Waals surface area contributed by atoms with Crippen LogP contribution in [0.5, 0.6) is 11.5 Å². The summed E-state index contributed by atoms with van der Waals surface area (Å²) < 4.78 is 5.00. The number of hydrogen-bond acceptors (Lipinski definition) is 7. The number of carbonyl (C=O) groups is 2. The largest absolute Gasteiger partial charge is 0.504 e. The number of ether oxygens (including phenoxy) is 1. The summed E-state index contributed by atoms with van der Waals surface area (Å²) in [6, 6.07) is 9.26. The minimum atomic E-state index is -0.517. The van der Waals surface area contributed by atoms with Crippen LogP contribution in [0.3, 0.4) is 0 Å². The highest BCUT2D eigenvalue weighted by Crippen LogP contribution is 2.27. The van der Waals surface area contributed by atoms with Crippen molar-refractivity contribution in [1.82, 2.24) is 0 Å². The highest BCUT2D eigenvalue weighted by atomic mass is 16.6. The van der Waals surface area contributed by atoms with Gasteiger partial charge in [-0.05, 0) is 48.1 Å². The molecule has 0 heterocycles. The molecule has 2 aromatic rings. The lowest BCUT2D eigenvalue weighted by atomic mass is 10.1. The molecule has 0 aromatic heterocycles. The van der Waals surface area contributed by atoms with Crippen LogP contribution in [0.1, 0.15) is 17.5 Å². The summed E-state index contributed by atoms with van der Waals surface area (Å²) >= 11 is 0. The van der Waals surface area contributed by atoms with Crippen molar-refractivity contribution in [1.29, 1.82) is 0 Å². The second-order valence-corrected chi connectivity index (χ2v) is 6.60. The minimum Gasteiger partial charge on any atom is -0.504 e. The second-order valence-electron chi connectivity index (χ2n) is 6.60. The molecular formula is C22H22N2O6. The van der Waals surface area contributed by atoms with Gasteiger partial charge in [0.2, 0.25) is 0 Å². The number of nitrogens with zero attached hydrogens (tertiary/aromatic N) is 2. The first kappa shape index (κ1) is 22.4. The van der Waals surface area contributed by atoms with Gasteiger partial charge in [0.1, 0.15) is 0 Å². The van der Waals surface area contributed by atoms with Crippen LogP contribution >= 0.6 is 0 Å². The Hall–Kier alpha value is -3.94. The van der Waals surface area contributed by atoms with Crippen LogP contribution in [-0.2, 0) is 9.59 Å². The third-order valence-electron chi connectivity index (χ3n) is 4.19. The fourth-order valence-electron chi connectivity index (χ4n) is 2.57. The van der Waals surface area contributed by atoms with E-state index in [9.17, 15) is 24.8 Å². The average Bonchev–Trinajstić information content (AvgIpc) is 2.71. The van der Waals surface area contributed by atoms with Crippen LogP contribution in [0.25, 0.3) is 12.2 Å². The number of hydrogen-bond donors (Lipinski definition) is 1. The third-order valence-corrected chi connectivity index (χ3v) is 4.19. The lowest BCUT2D eigenvalue weighted by molar-refractivity contribution is -0.385. The number of allylic oxidation sites excluding steroid dienone is 2. The molecule has 8 nitrogen and oxygen atoms in total. The molecule has 0 saturated heterocycles. The van der Waals surface area contributed by atoms with Gasteiger partial charge in [-0.25, -0.2) is 0 Å². The fraction of sp³-hybridized carbons (Fsp3) is 0.182. The number of methoxy groups -OCH3 is 1. The van der Waals surface area contributed by atoms with E-state index in [1.807, 2.05) is 0 Å². The van der Waals surface area contributed by atoms with Gasteiger partial charge in [-0.1, -0.05) is 12.1 Å². The van der Waals surface area contributed by atoms with Gasteiger partial charge in [-0.2, -0.15) is 0 Å². The standard InChI is InChI=1S/C22H22N2O6/c1-23(2)17-8-6-16(20(13-17)24(28)29)7-10-19(26)14-18(25)9-4-15-5-11-21(27)22(12-15)30-3/h4-13,27H,14H2,1-3H3/b9-4+,10-7+. The molecular weight excluding hydrogens is 388 g/mol. The number of nitro groups is 1. The molecule has 0 fully saturated rings. The molecule has 0 unspecified atom stereocenters. The number of carbonyl (C=O) groups excluding carboxylic acids is 2. The Morgan fingerprint density at radius 2 is 1.77 bits per heavy atom. The van der Waals surface area contributed by atoms with Gasteiger partial charge in [0.05, 0.1) is 24.0 Å². The smallest absolute Gasteiger partial charge is 0.278 e. The molecule has 30 heavy (non-hydrogen) atoms. The summed E-state index contributed by atoms with van der Waals surface area (Å²) in [5, 5.41) is 20.9. The van der Waals surface area contributed by atoms with Crippen molar-refractivity contribution in [2.24, 2.45) is 0 Å². The Balaban J connectivity index is 2.05. The fourth-order valence-corrected chi connectivity index (χ4v) is 2.57. The summed E-state index contributed by atoms with van der Waals surface area (Å²) in [5.74, 6) is -0.646. The maximum atomic E-state index is 12.1. The van der Waals surface area contributed by atoms with Crippen molar-refractivity contribution < 1.29 is 24.4 Å². The minimum absolute atomic E-state index is 0.0194. The predicted octanol–water partition coefficient (Wildman–Crippen LogP) is 3.63. The van der Waals surface area contributed by atoms with Crippen LogP contribution in [0, 0.1) is 10.1 Å². The molecule has 8 heteroatoms. The van der Waals surface area contributed by atoms with E-state index < -0.39 is 16.5 Å². The lowest BCUT2D eigenvalue weighted by Gasteiger charge is -2.12. The SMILES string of the molecule is COc1cc(/C=C/C(=O)CC(=O)/C=C/c2ccc(N(C)C)cc2[N+](=O)[O-])ccc1O.